The second kappa shape index (κ2) is 5.69. The van der Waals surface area contributed by atoms with Crippen LogP contribution < -0.4 is 11.5 Å². The van der Waals surface area contributed by atoms with Gasteiger partial charge < -0.3 is 16.4 Å². The molecule has 3 unspecified atom stereocenters. The van der Waals surface area contributed by atoms with Gasteiger partial charge in [-0.15, -0.1) is 12.4 Å². The number of primary amides is 1. The number of nitrogens with two attached hydrogens (primary N) is 2. The van der Waals surface area contributed by atoms with Crippen LogP contribution in [0.25, 0.3) is 0 Å². The predicted octanol–water partition coefficient (Wildman–Crippen LogP) is -0.131. The number of amides is 2. The Bertz CT molecular complexity index is 299. The van der Waals surface area contributed by atoms with E-state index in [1.807, 2.05) is 4.90 Å². The highest BCUT2D eigenvalue weighted by atomic mass is 35.5. The van der Waals surface area contributed by atoms with Crippen molar-refractivity contribution in [1.29, 1.82) is 0 Å². The highest BCUT2D eigenvalue weighted by molar-refractivity contribution is 5.87. The number of rotatable bonds is 3. The lowest BCUT2D eigenvalue weighted by molar-refractivity contribution is -0.134. The van der Waals surface area contributed by atoms with Crippen LogP contribution in [0.15, 0.2) is 0 Å². The lowest BCUT2D eigenvalue weighted by atomic mass is 10.0. The molecular formula is C11H20ClN3O2. The summed E-state index contributed by atoms with van der Waals surface area (Å²) >= 11 is 0. The van der Waals surface area contributed by atoms with Crippen LogP contribution in [-0.4, -0.2) is 35.8 Å². The number of hydrogen-bond acceptors (Lipinski definition) is 3. The van der Waals surface area contributed by atoms with Crippen LogP contribution in [0.5, 0.6) is 0 Å². The molecule has 1 saturated carbocycles. The van der Waals surface area contributed by atoms with E-state index in [0.29, 0.717) is 11.8 Å². The van der Waals surface area contributed by atoms with E-state index >= 15 is 0 Å². The van der Waals surface area contributed by atoms with E-state index in [1.165, 1.54) is 19.3 Å². The van der Waals surface area contributed by atoms with Crippen molar-refractivity contribution in [1.82, 2.24) is 4.90 Å². The van der Waals surface area contributed by atoms with Gasteiger partial charge in [0.15, 0.2) is 0 Å². The lowest BCUT2D eigenvalue weighted by Gasteiger charge is -2.20. The molecule has 0 radical (unpaired) electrons. The van der Waals surface area contributed by atoms with Gasteiger partial charge in [0.2, 0.25) is 11.8 Å². The molecule has 1 aliphatic carbocycles. The fraction of sp³-hybridized carbons (Fsp3) is 0.818. The minimum Gasteiger partial charge on any atom is -0.370 e. The molecule has 2 aliphatic rings. The summed E-state index contributed by atoms with van der Waals surface area (Å²) in [6.07, 6.45) is 3.67. The highest BCUT2D eigenvalue weighted by Gasteiger charge is 2.39. The minimum absolute atomic E-state index is 0. The van der Waals surface area contributed by atoms with Crippen LogP contribution in [-0.2, 0) is 9.59 Å². The smallest absolute Gasteiger partial charge is 0.240 e. The molecule has 4 N–H and O–H groups in total. The first-order valence-electron chi connectivity index (χ1n) is 5.90. The van der Waals surface area contributed by atoms with Crippen LogP contribution in [0.3, 0.4) is 0 Å². The zero-order valence-corrected chi connectivity index (χ0v) is 10.6. The highest BCUT2D eigenvalue weighted by Crippen LogP contribution is 2.37. The Labute approximate surface area is 107 Å². The SMILES string of the molecule is Cl.NC(=O)CC(N)C(=O)N1CC2CCCC2C1. The maximum atomic E-state index is 11.9. The molecule has 0 aromatic rings. The zero-order chi connectivity index (χ0) is 11.7. The Morgan fingerprint density at radius 3 is 2.24 bits per heavy atom. The normalized spacial score (nSPS) is 28.4. The summed E-state index contributed by atoms with van der Waals surface area (Å²) in [4.78, 5) is 24.4. The first-order chi connectivity index (χ1) is 7.58. The van der Waals surface area contributed by atoms with E-state index in [1.54, 1.807) is 0 Å². The number of likely N-dealkylation sites (tertiary alicyclic amines) is 1. The number of carbonyl (C=O) groups excluding carboxylic acids is 2. The van der Waals surface area contributed by atoms with Gasteiger partial charge in [0, 0.05) is 13.1 Å². The van der Waals surface area contributed by atoms with Gasteiger partial charge in [-0.05, 0) is 24.7 Å². The van der Waals surface area contributed by atoms with Crippen molar-refractivity contribution in [3.05, 3.63) is 0 Å². The average molecular weight is 262 g/mol. The third-order valence-electron chi connectivity index (χ3n) is 3.78. The van der Waals surface area contributed by atoms with Crippen molar-refractivity contribution in [2.75, 3.05) is 13.1 Å². The predicted molar refractivity (Wildman–Crippen MR) is 66.4 cm³/mol. The number of halogens is 1. The summed E-state index contributed by atoms with van der Waals surface area (Å²) < 4.78 is 0. The van der Waals surface area contributed by atoms with Crippen molar-refractivity contribution < 1.29 is 9.59 Å². The maximum absolute atomic E-state index is 11.9. The van der Waals surface area contributed by atoms with Crippen LogP contribution >= 0.6 is 12.4 Å². The van der Waals surface area contributed by atoms with E-state index in [2.05, 4.69) is 0 Å². The van der Waals surface area contributed by atoms with Crippen molar-refractivity contribution in [2.45, 2.75) is 31.7 Å². The van der Waals surface area contributed by atoms with E-state index in [9.17, 15) is 9.59 Å². The molecule has 2 fully saturated rings. The molecule has 6 heteroatoms. The van der Waals surface area contributed by atoms with Crippen LogP contribution in [0.4, 0.5) is 0 Å². The fourth-order valence-corrected chi connectivity index (χ4v) is 2.95. The number of hydrogen-bond donors (Lipinski definition) is 2. The second-order valence-electron chi connectivity index (χ2n) is 4.97. The van der Waals surface area contributed by atoms with Crippen LogP contribution in [0.1, 0.15) is 25.7 Å². The Morgan fingerprint density at radius 1 is 1.24 bits per heavy atom. The standard InChI is InChI=1S/C11H19N3O2.ClH/c12-9(4-10(13)15)11(16)14-5-7-2-1-3-8(7)6-14;/h7-9H,1-6,12H2,(H2,13,15);1H. The van der Waals surface area contributed by atoms with Crippen LogP contribution in [0.2, 0.25) is 0 Å². The first-order valence-corrected chi connectivity index (χ1v) is 5.90. The van der Waals surface area contributed by atoms with Crippen molar-refractivity contribution in [2.24, 2.45) is 23.3 Å². The number of fused-ring (bicyclic) bond motifs is 1. The van der Waals surface area contributed by atoms with Gasteiger partial charge >= 0.3 is 0 Å². The molecule has 98 valence electrons. The van der Waals surface area contributed by atoms with Crippen molar-refractivity contribution >= 4 is 24.2 Å². The van der Waals surface area contributed by atoms with Crippen molar-refractivity contribution in [3.63, 3.8) is 0 Å². The monoisotopic (exact) mass is 261 g/mol. The quantitative estimate of drug-likeness (QED) is 0.742. The second-order valence-corrected chi connectivity index (χ2v) is 4.97. The molecule has 1 aliphatic heterocycles. The molecular weight excluding hydrogens is 242 g/mol. The van der Waals surface area contributed by atoms with E-state index in [0.717, 1.165) is 13.1 Å². The molecule has 0 bridgehead atoms. The van der Waals surface area contributed by atoms with E-state index in [-0.39, 0.29) is 24.7 Å². The van der Waals surface area contributed by atoms with Gasteiger partial charge in [-0.1, -0.05) is 6.42 Å². The molecule has 2 amide bonds. The molecule has 3 atom stereocenters. The third kappa shape index (κ3) is 3.10. The minimum atomic E-state index is -0.753. The number of carbonyl (C=O) groups is 2. The van der Waals surface area contributed by atoms with Gasteiger partial charge in [-0.3, -0.25) is 9.59 Å². The van der Waals surface area contributed by atoms with Crippen molar-refractivity contribution in [3.8, 4) is 0 Å². The Kier molecular flexibility index (Phi) is 4.77. The molecule has 17 heavy (non-hydrogen) atoms. The summed E-state index contributed by atoms with van der Waals surface area (Å²) in [5.74, 6) is 0.683. The Hall–Kier alpha value is -0.810. The molecule has 5 nitrogen and oxygen atoms in total. The van der Waals surface area contributed by atoms with Gasteiger partial charge in [-0.25, -0.2) is 0 Å². The molecule has 1 heterocycles. The van der Waals surface area contributed by atoms with Gasteiger partial charge in [0.05, 0.1) is 12.5 Å². The third-order valence-corrected chi connectivity index (χ3v) is 3.78. The van der Waals surface area contributed by atoms with Gasteiger partial charge in [0.1, 0.15) is 0 Å². The maximum Gasteiger partial charge on any atom is 0.240 e. The molecule has 2 rings (SSSR count). The summed E-state index contributed by atoms with van der Waals surface area (Å²) in [5, 5.41) is 0. The summed E-state index contributed by atoms with van der Waals surface area (Å²) in [5.41, 5.74) is 10.7. The molecule has 0 spiro atoms. The Balaban J connectivity index is 0.00000144. The summed E-state index contributed by atoms with van der Waals surface area (Å²) in [6.45, 7) is 1.63. The topological polar surface area (TPSA) is 89.4 Å². The summed E-state index contributed by atoms with van der Waals surface area (Å²) in [6, 6.07) is -0.753. The largest absolute Gasteiger partial charge is 0.370 e. The first kappa shape index (κ1) is 14.3. The summed E-state index contributed by atoms with van der Waals surface area (Å²) in [7, 11) is 0. The van der Waals surface area contributed by atoms with Gasteiger partial charge in [0.25, 0.3) is 0 Å². The zero-order valence-electron chi connectivity index (χ0n) is 9.80. The fourth-order valence-electron chi connectivity index (χ4n) is 2.95. The van der Waals surface area contributed by atoms with E-state index in [4.69, 9.17) is 11.5 Å². The molecule has 0 aromatic carbocycles. The number of nitrogens with zero attached hydrogens (tertiary/aromatic N) is 1. The van der Waals surface area contributed by atoms with Crippen LogP contribution in [0, 0.1) is 11.8 Å². The molecule has 1 saturated heterocycles. The Morgan fingerprint density at radius 2 is 1.76 bits per heavy atom. The molecule has 0 aromatic heterocycles. The van der Waals surface area contributed by atoms with Gasteiger partial charge in [-0.2, -0.15) is 0 Å². The average Bonchev–Trinajstić information content (AvgIpc) is 2.74. The van der Waals surface area contributed by atoms with E-state index < -0.39 is 11.9 Å². The lowest BCUT2D eigenvalue weighted by Crippen LogP contribution is -2.44.